The predicted molar refractivity (Wildman–Crippen MR) is 85.7 cm³/mol. The molecular formula is C16H22N4O3. The van der Waals surface area contributed by atoms with Crippen LogP contribution in [0.1, 0.15) is 32.3 Å². The summed E-state index contributed by atoms with van der Waals surface area (Å²) < 4.78 is 11.0. The summed E-state index contributed by atoms with van der Waals surface area (Å²) in [6.45, 7) is 4.00. The summed E-state index contributed by atoms with van der Waals surface area (Å²) >= 11 is 0. The van der Waals surface area contributed by atoms with Crippen molar-refractivity contribution in [2.75, 3.05) is 0 Å². The molecule has 0 radical (unpaired) electrons. The first kappa shape index (κ1) is 17.1. The lowest BCUT2D eigenvalue weighted by molar-refractivity contribution is -0.0641. The molecule has 0 spiro atoms. The van der Waals surface area contributed by atoms with Crippen LogP contribution in [0.5, 0.6) is 0 Å². The molecule has 124 valence electrons. The first-order chi connectivity index (χ1) is 11.1. The van der Waals surface area contributed by atoms with Crippen LogP contribution in [0.2, 0.25) is 0 Å². The standard InChI is InChI=1S/C16H22N4O3/c1-11(15-9-8-14(19-20-17)12(2)23-15)18-16(21)22-10-13-6-4-3-5-7-13/h3-7,11-12,14-15H,8-10H2,1-2H3,(H,18,21)/t11-,12?,14?,15+/m1/s1. The smallest absolute Gasteiger partial charge is 0.407 e. The van der Waals surface area contributed by atoms with Crippen molar-refractivity contribution < 1.29 is 14.3 Å². The molecule has 0 saturated carbocycles. The fourth-order valence-corrected chi connectivity index (χ4v) is 2.63. The van der Waals surface area contributed by atoms with Crippen LogP contribution >= 0.6 is 0 Å². The molecule has 4 atom stereocenters. The Morgan fingerprint density at radius 2 is 2.22 bits per heavy atom. The topological polar surface area (TPSA) is 96.3 Å². The van der Waals surface area contributed by atoms with Crippen LogP contribution in [-0.2, 0) is 16.1 Å². The summed E-state index contributed by atoms with van der Waals surface area (Å²) in [5.74, 6) is 0. The largest absolute Gasteiger partial charge is 0.445 e. The molecule has 7 heteroatoms. The second-order valence-electron chi connectivity index (χ2n) is 5.72. The molecule has 0 bridgehead atoms. The Hall–Kier alpha value is -2.24. The number of nitrogens with zero attached hydrogens (tertiary/aromatic N) is 3. The number of nitrogens with one attached hydrogen (secondary N) is 1. The van der Waals surface area contributed by atoms with Gasteiger partial charge >= 0.3 is 6.09 Å². The number of azide groups is 1. The van der Waals surface area contributed by atoms with Gasteiger partial charge in [-0.05, 0) is 37.8 Å². The molecule has 2 rings (SSSR count). The molecule has 1 aromatic rings. The Morgan fingerprint density at radius 3 is 2.87 bits per heavy atom. The monoisotopic (exact) mass is 318 g/mol. The van der Waals surface area contributed by atoms with E-state index in [1.54, 1.807) is 0 Å². The minimum absolute atomic E-state index is 0.112. The van der Waals surface area contributed by atoms with Gasteiger partial charge in [0, 0.05) is 4.91 Å². The van der Waals surface area contributed by atoms with Crippen LogP contribution in [0.25, 0.3) is 10.4 Å². The Balaban J connectivity index is 1.76. The average Bonchev–Trinajstić information content (AvgIpc) is 2.56. The summed E-state index contributed by atoms with van der Waals surface area (Å²) in [7, 11) is 0. The molecule has 1 aliphatic heterocycles. The van der Waals surface area contributed by atoms with Crippen molar-refractivity contribution in [2.24, 2.45) is 5.11 Å². The zero-order valence-corrected chi connectivity index (χ0v) is 13.4. The fourth-order valence-electron chi connectivity index (χ4n) is 2.63. The van der Waals surface area contributed by atoms with Crippen molar-refractivity contribution in [1.82, 2.24) is 5.32 Å². The number of carbonyl (C=O) groups is 1. The van der Waals surface area contributed by atoms with E-state index < -0.39 is 6.09 Å². The van der Waals surface area contributed by atoms with Gasteiger partial charge in [0.1, 0.15) is 6.61 Å². The first-order valence-corrected chi connectivity index (χ1v) is 7.77. The van der Waals surface area contributed by atoms with Crippen LogP contribution < -0.4 is 5.32 Å². The first-order valence-electron chi connectivity index (χ1n) is 7.77. The molecule has 1 heterocycles. The van der Waals surface area contributed by atoms with Crippen molar-refractivity contribution in [3.63, 3.8) is 0 Å². The molecule has 1 fully saturated rings. The number of alkyl carbamates (subject to hydrolysis) is 1. The zero-order chi connectivity index (χ0) is 16.7. The molecular weight excluding hydrogens is 296 g/mol. The summed E-state index contributed by atoms with van der Waals surface area (Å²) in [5.41, 5.74) is 9.45. The fraction of sp³-hybridized carbons (Fsp3) is 0.562. The normalized spacial score (nSPS) is 25.0. The molecule has 1 amide bonds. The quantitative estimate of drug-likeness (QED) is 0.511. The van der Waals surface area contributed by atoms with Gasteiger partial charge in [0.25, 0.3) is 0 Å². The van der Waals surface area contributed by atoms with E-state index in [-0.39, 0.29) is 30.9 Å². The van der Waals surface area contributed by atoms with Gasteiger partial charge in [0.2, 0.25) is 0 Å². The van der Waals surface area contributed by atoms with E-state index in [9.17, 15) is 4.79 Å². The van der Waals surface area contributed by atoms with E-state index in [1.165, 1.54) is 0 Å². The van der Waals surface area contributed by atoms with Crippen LogP contribution in [-0.4, -0.2) is 30.4 Å². The molecule has 0 aliphatic carbocycles. The van der Waals surface area contributed by atoms with E-state index in [2.05, 4.69) is 15.3 Å². The van der Waals surface area contributed by atoms with E-state index in [0.717, 1.165) is 18.4 Å². The predicted octanol–water partition coefficient (Wildman–Crippen LogP) is 3.55. The Morgan fingerprint density at radius 1 is 1.48 bits per heavy atom. The third-order valence-electron chi connectivity index (χ3n) is 3.99. The summed E-state index contributed by atoms with van der Waals surface area (Å²) in [5, 5.41) is 6.52. The minimum Gasteiger partial charge on any atom is -0.445 e. The van der Waals surface area contributed by atoms with Gasteiger partial charge in [-0.2, -0.15) is 0 Å². The molecule has 1 N–H and O–H groups in total. The molecule has 23 heavy (non-hydrogen) atoms. The minimum atomic E-state index is -0.463. The summed E-state index contributed by atoms with van der Waals surface area (Å²) in [6.07, 6.45) is 0.748. The lowest BCUT2D eigenvalue weighted by atomic mass is 9.97. The second kappa shape index (κ2) is 8.41. The maximum atomic E-state index is 11.9. The molecule has 2 unspecified atom stereocenters. The summed E-state index contributed by atoms with van der Waals surface area (Å²) in [6, 6.07) is 9.20. The maximum Gasteiger partial charge on any atom is 0.407 e. The van der Waals surface area contributed by atoms with Crippen molar-refractivity contribution in [3.8, 4) is 0 Å². The van der Waals surface area contributed by atoms with E-state index >= 15 is 0 Å². The lowest BCUT2D eigenvalue weighted by Crippen LogP contribution is -2.48. The number of hydrogen-bond acceptors (Lipinski definition) is 4. The number of hydrogen-bond donors (Lipinski definition) is 1. The van der Waals surface area contributed by atoms with Gasteiger partial charge in [-0.3, -0.25) is 0 Å². The van der Waals surface area contributed by atoms with Gasteiger partial charge in [-0.15, -0.1) is 0 Å². The highest BCUT2D eigenvalue weighted by Gasteiger charge is 2.31. The molecule has 1 aliphatic rings. The van der Waals surface area contributed by atoms with Gasteiger partial charge in [0.05, 0.1) is 24.3 Å². The van der Waals surface area contributed by atoms with Crippen LogP contribution in [0.15, 0.2) is 35.4 Å². The van der Waals surface area contributed by atoms with E-state index in [0.29, 0.717) is 0 Å². The highest BCUT2D eigenvalue weighted by atomic mass is 16.5. The Labute approximate surface area is 135 Å². The van der Waals surface area contributed by atoms with Crippen LogP contribution in [0, 0.1) is 0 Å². The van der Waals surface area contributed by atoms with Gasteiger partial charge < -0.3 is 14.8 Å². The SMILES string of the molecule is CC1O[C@H]([C@@H](C)NC(=O)OCc2ccccc2)CCC1N=[N+]=[N-]. The highest BCUT2D eigenvalue weighted by Crippen LogP contribution is 2.24. The van der Waals surface area contributed by atoms with Gasteiger partial charge in [-0.25, -0.2) is 4.79 Å². The summed E-state index contributed by atoms with van der Waals surface area (Å²) in [4.78, 5) is 14.7. The van der Waals surface area contributed by atoms with Crippen LogP contribution in [0.3, 0.4) is 0 Å². The molecule has 0 aromatic heterocycles. The number of benzene rings is 1. The molecule has 1 saturated heterocycles. The van der Waals surface area contributed by atoms with Crippen molar-refractivity contribution in [2.45, 2.75) is 57.6 Å². The number of ether oxygens (including phenoxy) is 2. The number of rotatable bonds is 5. The van der Waals surface area contributed by atoms with Gasteiger partial charge in [0.15, 0.2) is 0 Å². The zero-order valence-electron chi connectivity index (χ0n) is 13.4. The Bertz CT molecular complexity index is 560. The second-order valence-corrected chi connectivity index (χ2v) is 5.72. The molecule has 7 nitrogen and oxygen atoms in total. The lowest BCUT2D eigenvalue weighted by Gasteiger charge is -2.35. The van der Waals surface area contributed by atoms with Crippen LogP contribution in [0.4, 0.5) is 4.79 Å². The third kappa shape index (κ3) is 5.16. The average molecular weight is 318 g/mol. The van der Waals surface area contributed by atoms with Crippen molar-refractivity contribution >= 4 is 6.09 Å². The van der Waals surface area contributed by atoms with E-state index in [1.807, 2.05) is 44.2 Å². The van der Waals surface area contributed by atoms with Gasteiger partial charge in [-0.1, -0.05) is 35.4 Å². The van der Waals surface area contributed by atoms with Crippen molar-refractivity contribution in [1.29, 1.82) is 0 Å². The maximum absolute atomic E-state index is 11.9. The van der Waals surface area contributed by atoms with Crippen molar-refractivity contribution in [3.05, 3.63) is 46.3 Å². The van der Waals surface area contributed by atoms with E-state index in [4.69, 9.17) is 15.0 Å². The third-order valence-corrected chi connectivity index (χ3v) is 3.99. The Kier molecular flexibility index (Phi) is 6.26. The number of carbonyl (C=O) groups excluding carboxylic acids is 1. The molecule has 1 aromatic carbocycles. The number of amides is 1. The highest BCUT2D eigenvalue weighted by molar-refractivity contribution is 5.67.